The van der Waals surface area contributed by atoms with Crippen LogP contribution >= 0.6 is 0 Å². The molecule has 0 spiro atoms. The van der Waals surface area contributed by atoms with Gasteiger partial charge in [-0.05, 0) is 26.3 Å². The van der Waals surface area contributed by atoms with Gasteiger partial charge in [-0.3, -0.25) is 9.80 Å². The van der Waals surface area contributed by atoms with Gasteiger partial charge in [0.1, 0.15) is 0 Å². The van der Waals surface area contributed by atoms with Crippen LogP contribution < -0.4 is 0 Å². The van der Waals surface area contributed by atoms with Crippen molar-refractivity contribution in [2.24, 2.45) is 0 Å². The zero-order valence-corrected chi connectivity index (χ0v) is 12.3. The third kappa shape index (κ3) is 4.30. The topological polar surface area (TPSA) is 26.7 Å². The van der Waals surface area contributed by atoms with E-state index in [1.807, 2.05) is 13.8 Å². The van der Waals surface area contributed by atoms with Crippen LogP contribution in [0, 0.1) is 0 Å². The second-order valence-electron chi connectivity index (χ2n) is 6.21. The minimum absolute atomic E-state index is 0.477. The van der Waals surface area contributed by atoms with Crippen LogP contribution in [0.3, 0.4) is 0 Å². The van der Waals surface area contributed by atoms with Gasteiger partial charge in [0.25, 0.3) is 0 Å². The van der Waals surface area contributed by atoms with Gasteiger partial charge in [-0.25, -0.2) is 0 Å². The predicted octanol–water partition coefficient (Wildman–Crippen LogP) is 2.14. The Labute approximate surface area is 116 Å². The van der Waals surface area contributed by atoms with E-state index in [4.69, 9.17) is 0 Å². The molecule has 0 radical (unpaired) electrons. The van der Waals surface area contributed by atoms with E-state index in [9.17, 15) is 5.11 Å². The van der Waals surface area contributed by atoms with E-state index in [0.29, 0.717) is 6.04 Å². The van der Waals surface area contributed by atoms with Crippen LogP contribution in [-0.4, -0.2) is 53.2 Å². The number of β-amino-alcohol motifs (C(OH)–C–C–N with tert-alkyl or cyclic N) is 1. The molecule has 3 nitrogen and oxygen atoms in total. The Hall–Kier alpha value is -0.900. The van der Waals surface area contributed by atoms with E-state index in [0.717, 1.165) is 32.7 Å². The lowest BCUT2D eigenvalue weighted by Crippen LogP contribution is -2.50. The molecule has 1 aliphatic rings. The lowest BCUT2D eigenvalue weighted by Gasteiger charge is -2.40. The lowest BCUT2D eigenvalue weighted by atomic mass is 10.1. The molecule has 0 saturated carbocycles. The molecule has 1 atom stereocenters. The maximum Gasteiger partial charge on any atom is 0.0718 e. The third-order valence-corrected chi connectivity index (χ3v) is 3.85. The molecule has 0 aromatic heterocycles. The normalized spacial score (nSPS) is 20.4. The highest BCUT2D eigenvalue weighted by Gasteiger charge is 2.25. The summed E-state index contributed by atoms with van der Waals surface area (Å²) in [6, 6.07) is 11.2. The van der Waals surface area contributed by atoms with Crippen molar-refractivity contribution in [3.63, 3.8) is 0 Å². The first-order valence-electron chi connectivity index (χ1n) is 7.19. The van der Waals surface area contributed by atoms with Crippen molar-refractivity contribution in [3.05, 3.63) is 35.9 Å². The number of piperazine rings is 1. The molecular formula is C16H26N2O. The van der Waals surface area contributed by atoms with E-state index >= 15 is 0 Å². The van der Waals surface area contributed by atoms with Gasteiger partial charge in [-0.15, -0.1) is 0 Å². The Morgan fingerprint density at radius 3 is 2.21 bits per heavy atom. The van der Waals surface area contributed by atoms with Crippen molar-refractivity contribution in [1.29, 1.82) is 0 Å². The average Bonchev–Trinajstić information content (AvgIpc) is 2.38. The van der Waals surface area contributed by atoms with Crippen LogP contribution in [0.15, 0.2) is 30.3 Å². The molecule has 0 bridgehead atoms. The van der Waals surface area contributed by atoms with Gasteiger partial charge in [0, 0.05) is 38.8 Å². The molecule has 0 aliphatic carbocycles. The number of rotatable bonds is 4. The SMILES string of the molecule is CC(c1ccccc1)N1CCN(CC(C)(C)O)CC1. The Balaban J connectivity index is 1.86. The largest absolute Gasteiger partial charge is 0.389 e. The molecule has 1 heterocycles. The summed E-state index contributed by atoms with van der Waals surface area (Å²) in [4.78, 5) is 4.88. The van der Waals surface area contributed by atoms with Crippen LogP contribution in [0.25, 0.3) is 0 Å². The Kier molecular flexibility index (Phi) is 4.61. The van der Waals surface area contributed by atoms with E-state index < -0.39 is 5.60 Å². The van der Waals surface area contributed by atoms with Gasteiger partial charge >= 0.3 is 0 Å². The molecule has 19 heavy (non-hydrogen) atoms. The summed E-state index contributed by atoms with van der Waals surface area (Å²) >= 11 is 0. The maximum absolute atomic E-state index is 9.87. The highest BCUT2D eigenvalue weighted by atomic mass is 16.3. The molecule has 1 aromatic carbocycles. The fourth-order valence-corrected chi connectivity index (χ4v) is 2.80. The average molecular weight is 262 g/mol. The van der Waals surface area contributed by atoms with Gasteiger partial charge in [0.15, 0.2) is 0 Å². The van der Waals surface area contributed by atoms with Crippen molar-refractivity contribution in [2.75, 3.05) is 32.7 Å². The zero-order valence-electron chi connectivity index (χ0n) is 12.3. The summed E-state index contributed by atoms with van der Waals surface area (Å²) in [6.45, 7) is 11.0. The van der Waals surface area contributed by atoms with Crippen molar-refractivity contribution >= 4 is 0 Å². The first-order valence-corrected chi connectivity index (χ1v) is 7.19. The zero-order chi connectivity index (χ0) is 13.9. The molecule has 1 saturated heterocycles. The van der Waals surface area contributed by atoms with Crippen LogP contribution in [0.2, 0.25) is 0 Å². The van der Waals surface area contributed by atoms with Gasteiger partial charge in [0.2, 0.25) is 0 Å². The quantitative estimate of drug-likeness (QED) is 0.900. The Morgan fingerprint density at radius 2 is 1.68 bits per heavy atom. The summed E-state index contributed by atoms with van der Waals surface area (Å²) in [5, 5.41) is 9.87. The molecule has 0 amide bonds. The van der Waals surface area contributed by atoms with E-state index in [1.54, 1.807) is 0 Å². The highest BCUT2D eigenvalue weighted by Crippen LogP contribution is 2.21. The Bertz CT molecular complexity index is 377. The number of nitrogens with zero attached hydrogens (tertiary/aromatic N) is 2. The third-order valence-electron chi connectivity index (χ3n) is 3.85. The van der Waals surface area contributed by atoms with Crippen molar-refractivity contribution in [3.8, 4) is 0 Å². The van der Waals surface area contributed by atoms with Gasteiger partial charge < -0.3 is 5.11 Å². The molecule has 3 heteroatoms. The van der Waals surface area contributed by atoms with Crippen molar-refractivity contribution < 1.29 is 5.11 Å². The first-order chi connectivity index (χ1) is 8.96. The van der Waals surface area contributed by atoms with E-state index in [1.165, 1.54) is 5.56 Å². The molecule has 1 aromatic rings. The number of hydrogen-bond acceptors (Lipinski definition) is 3. The summed E-state index contributed by atoms with van der Waals surface area (Å²) in [5.41, 5.74) is 0.797. The smallest absolute Gasteiger partial charge is 0.0718 e. The minimum atomic E-state index is -0.590. The van der Waals surface area contributed by atoms with Crippen molar-refractivity contribution in [1.82, 2.24) is 9.80 Å². The first kappa shape index (κ1) is 14.5. The lowest BCUT2D eigenvalue weighted by molar-refractivity contribution is 0.0120. The summed E-state index contributed by atoms with van der Waals surface area (Å²) in [7, 11) is 0. The van der Waals surface area contributed by atoms with Crippen LogP contribution in [0.5, 0.6) is 0 Å². The Morgan fingerprint density at radius 1 is 1.11 bits per heavy atom. The highest BCUT2D eigenvalue weighted by molar-refractivity contribution is 5.18. The van der Waals surface area contributed by atoms with Gasteiger partial charge in [-0.1, -0.05) is 30.3 Å². The number of hydrogen-bond donors (Lipinski definition) is 1. The summed E-state index contributed by atoms with van der Waals surface area (Å²) < 4.78 is 0. The molecular weight excluding hydrogens is 236 g/mol. The van der Waals surface area contributed by atoms with Crippen molar-refractivity contribution in [2.45, 2.75) is 32.4 Å². The summed E-state index contributed by atoms with van der Waals surface area (Å²) in [5.74, 6) is 0. The fraction of sp³-hybridized carbons (Fsp3) is 0.625. The molecule has 1 aliphatic heterocycles. The van der Waals surface area contributed by atoms with Crippen LogP contribution in [-0.2, 0) is 0 Å². The minimum Gasteiger partial charge on any atom is -0.389 e. The van der Waals surface area contributed by atoms with E-state index in [-0.39, 0.29) is 0 Å². The maximum atomic E-state index is 9.87. The standard InChI is InChI=1S/C16H26N2O/c1-14(15-7-5-4-6-8-15)18-11-9-17(10-12-18)13-16(2,3)19/h4-8,14,19H,9-13H2,1-3H3. The number of aliphatic hydroxyl groups is 1. The molecule has 1 N–H and O–H groups in total. The molecule has 2 rings (SSSR count). The van der Waals surface area contributed by atoms with Gasteiger partial charge in [0.05, 0.1) is 5.60 Å². The summed E-state index contributed by atoms with van der Waals surface area (Å²) in [6.07, 6.45) is 0. The predicted molar refractivity (Wildman–Crippen MR) is 79.2 cm³/mol. The second kappa shape index (κ2) is 6.04. The monoisotopic (exact) mass is 262 g/mol. The molecule has 1 unspecified atom stereocenters. The molecule has 106 valence electrons. The number of benzene rings is 1. The van der Waals surface area contributed by atoms with E-state index in [2.05, 4.69) is 47.1 Å². The van der Waals surface area contributed by atoms with Crippen LogP contribution in [0.4, 0.5) is 0 Å². The fourth-order valence-electron chi connectivity index (χ4n) is 2.80. The van der Waals surface area contributed by atoms with Crippen LogP contribution in [0.1, 0.15) is 32.4 Å². The second-order valence-corrected chi connectivity index (χ2v) is 6.21. The molecule has 1 fully saturated rings. The van der Waals surface area contributed by atoms with Gasteiger partial charge in [-0.2, -0.15) is 0 Å².